The molecule has 5 rings (SSSR count). The molecule has 0 aliphatic carbocycles. The van der Waals surface area contributed by atoms with E-state index in [0.717, 1.165) is 28.3 Å². The van der Waals surface area contributed by atoms with Crippen molar-refractivity contribution in [1.82, 2.24) is 24.6 Å². The highest BCUT2D eigenvalue weighted by molar-refractivity contribution is 6.04. The smallest absolute Gasteiger partial charge is 0.255 e. The number of rotatable bonds is 6. The van der Waals surface area contributed by atoms with E-state index >= 15 is 0 Å². The molecular weight excluding hydrogens is 440 g/mol. The third-order valence-corrected chi connectivity index (χ3v) is 5.42. The fraction of sp³-hybridized carbons (Fsp3) is 0.115. The Bertz CT molecular complexity index is 1480. The molecule has 0 spiro atoms. The van der Waals surface area contributed by atoms with E-state index in [1.54, 1.807) is 29.0 Å². The molecule has 5 aromatic rings. The lowest BCUT2D eigenvalue weighted by Gasteiger charge is -2.13. The second kappa shape index (κ2) is 9.22. The summed E-state index contributed by atoms with van der Waals surface area (Å²) < 4.78 is 1.66. The van der Waals surface area contributed by atoms with Crippen molar-refractivity contribution in [3.05, 3.63) is 90.4 Å². The van der Waals surface area contributed by atoms with E-state index in [2.05, 4.69) is 30.7 Å². The minimum absolute atomic E-state index is 0.173. The first-order valence-corrected chi connectivity index (χ1v) is 11.1. The molecule has 1 amide bonds. The number of benzene rings is 2. The first-order chi connectivity index (χ1) is 17.0. The zero-order valence-corrected chi connectivity index (χ0v) is 19.6. The number of pyridine rings is 1. The maximum absolute atomic E-state index is 12.7. The van der Waals surface area contributed by atoms with Gasteiger partial charge in [-0.25, -0.2) is 4.98 Å². The van der Waals surface area contributed by atoms with Gasteiger partial charge in [-0.05, 0) is 67.6 Å². The molecule has 0 aliphatic rings. The van der Waals surface area contributed by atoms with E-state index in [4.69, 9.17) is 0 Å². The molecule has 0 atom stereocenters. The van der Waals surface area contributed by atoms with Crippen LogP contribution in [0.3, 0.4) is 0 Å². The predicted molar refractivity (Wildman–Crippen MR) is 137 cm³/mol. The highest BCUT2D eigenvalue weighted by Gasteiger charge is 2.13. The van der Waals surface area contributed by atoms with Crippen LogP contribution in [0.25, 0.3) is 17.2 Å². The monoisotopic (exact) mass is 464 g/mol. The number of nitrogens with one attached hydrogen (secondary N) is 2. The molecule has 3 heterocycles. The summed E-state index contributed by atoms with van der Waals surface area (Å²) >= 11 is 0. The maximum Gasteiger partial charge on any atom is 0.255 e. The van der Waals surface area contributed by atoms with E-state index in [-0.39, 0.29) is 5.91 Å². The van der Waals surface area contributed by atoms with Crippen LogP contribution in [-0.4, -0.2) is 44.6 Å². The Balaban J connectivity index is 1.34. The SMILES string of the molecule is Cc1cc(Nc2ccc(C(=O)Nc3ccc(N(C)C)cc3)cc2)n2nc(-c3cccnc3)nc2n1. The Kier molecular flexibility index (Phi) is 5.80. The van der Waals surface area contributed by atoms with Crippen LogP contribution in [0, 0.1) is 6.92 Å². The zero-order chi connectivity index (χ0) is 24.4. The van der Waals surface area contributed by atoms with Crippen molar-refractivity contribution < 1.29 is 4.79 Å². The van der Waals surface area contributed by atoms with Crippen LogP contribution in [0.1, 0.15) is 16.1 Å². The average molecular weight is 465 g/mol. The highest BCUT2D eigenvalue weighted by Crippen LogP contribution is 2.22. The van der Waals surface area contributed by atoms with Crippen molar-refractivity contribution in [2.45, 2.75) is 6.92 Å². The molecule has 2 N–H and O–H groups in total. The summed E-state index contributed by atoms with van der Waals surface area (Å²) in [4.78, 5) is 27.9. The molecule has 0 bridgehead atoms. The lowest BCUT2D eigenvalue weighted by atomic mass is 10.2. The van der Waals surface area contributed by atoms with Crippen LogP contribution in [0.4, 0.5) is 22.9 Å². The van der Waals surface area contributed by atoms with E-state index in [0.29, 0.717) is 23.0 Å². The summed E-state index contributed by atoms with van der Waals surface area (Å²) in [6, 6.07) is 20.6. The molecule has 3 aromatic heterocycles. The zero-order valence-electron chi connectivity index (χ0n) is 19.6. The minimum atomic E-state index is -0.173. The Morgan fingerprint density at radius 1 is 0.943 bits per heavy atom. The molecule has 0 fully saturated rings. The number of hydrogen-bond acceptors (Lipinski definition) is 7. The third kappa shape index (κ3) is 4.79. The minimum Gasteiger partial charge on any atom is -0.378 e. The van der Waals surface area contributed by atoms with Gasteiger partial charge in [-0.1, -0.05) is 0 Å². The number of anilines is 4. The van der Waals surface area contributed by atoms with Crippen molar-refractivity contribution in [3.8, 4) is 11.4 Å². The van der Waals surface area contributed by atoms with Crippen LogP contribution in [-0.2, 0) is 0 Å². The topological polar surface area (TPSA) is 100 Å². The van der Waals surface area contributed by atoms with Gasteiger partial charge in [-0.3, -0.25) is 9.78 Å². The third-order valence-electron chi connectivity index (χ3n) is 5.42. The van der Waals surface area contributed by atoms with Gasteiger partial charge < -0.3 is 15.5 Å². The molecule has 0 aliphatic heterocycles. The first-order valence-electron chi connectivity index (χ1n) is 11.1. The summed E-state index contributed by atoms with van der Waals surface area (Å²) in [5, 5.41) is 10.9. The van der Waals surface area contributed by atoms with Gasteiger partial charge in [0, 0.05) is 66.4 Å². The van der Waals surface area contributed by atoms with E-state index in [1.165, 1.54) is 0 Å². The average Bonchev–Trinajstić information content (AvgIpc) is 3.30. The number of amides is 1. The normalized spacial score (nSPS) is 10.8. The number of carbonyl (C=O) groups is 1. The Hall–Kier alpha value is -4.79. The number of hydrogen-bond donors (Lipinski definition) is 2. The van der Waals surface area contributed by atoms with Crippen LogP contribution in [0.5, 0.6) is 0 Å². The molecule has 9 nitrogen and oxygen atoms in total. The van der Waals surface area contributed by atoms with Crippen molar-refractivity contribution in [2.75, 3.05) is 29.6 Å². The summed E-state index contributed by atoms with van der Waals surface area (Å²) in [7, 11) is 3.95. The van der Waals surface area contributed by atoms with Gasteiger partial charge in [-0.2, -0.15) is 9.50 Å². The second-order valence-electron chi connectivity index (χ2n) is 8.27. The first kappa shape index (κ1) is 22.0. The Labute approximate surface area is 202 Å². The van der Waals surface area contributed by atoms with Crippen molar-refractivity contribution >= 4 is 34.6 Å². The highest BCUT2D eigenvalue weighted by atomic mass is 16.1. The van der Waals surface area contributed by atoms with E-state index < -0.39 is 0 Å². The van der Waals surface area contributed by atoms with Gasteiger partial charge >= 0.3 is 0 Å². The Morgan fingerprint density at radius 2 is 1.69 bits per heavy atom. The second-order valence-corrected chi connectivity index (χ2v) is 8.27. The molecular formula is C26H24N8O. The van der Waals surface area contributed by atoms with E-state index in [9.17, 15) is 4.79 Å². The molecule has 0 saturated heterocycles. The van der Waals surface area contributed by atoms with Crippen LogP contribution >= 0.6 is 0 Å². The van der Waals surface area contributed by atoms with Crippen molar-refractivity contribution in [1.29, 1.82) is 0 Å². The molecule has 0 radical (unpaired) electrons. The number of carbonyl (C=O) groups excluding carboxylic acids is 1. The number of aromatic nitrogens is 5. The lowest BCUT2D eigenvalue weighted by Crippen LogP contribution is -2.12. The molecule has 35 heavy (non-hydrogen) atoms. The van der Waals surface area contributed by atoms with Crippen LogP contribution in [0.2, 0.25) is 0 Å². The summed E-state index contributed by atoms with van der Waals surface area (Å²) in [6.45, 7) is 1.90. The van der Waals surface area contributed by atoms with Crippen molar-refractivity contribution in [3.63, 3.8) is 0 Å². The molecule has 2 aromatic carbocycles. The molecule has 0 saturated carbocycles. The maximum atomic E-state index is 12.7. The van der Waals surface area contributed by atoms with Gasteiger partial charge in [0.25, 0.3) is 11.7 Å². The molecule has 9 heteroatoms. The fourth-order valence-corrected chi connectivity index (χ4v) is 3.59. The standard InChI is InChI=1S/C26H24N8O/c1-17-15-23(34-26(28-17)31-24(32-34)19-5-4-14-27-16-19)29-20-8-6-18(7-9-20)25(35)30-21-10-12-22(13-11-21)33(2)3/h4-16,29H,1-3H3,(H,30,35). The van der Waals surface area contributed by atoms with Gasteiger partial charge in [0.05, 0.1) is 0 Å². The molecule has 174 valence electrons. The summed E-state index contributed by atoms with van der Waals surface area (Å²) in [6.07, 6.45) is 3.43. The predicted octanol–water partition coefficient (Wildman–Crippen LogP) is 4.56. The quantitative estimate of drug-likeness (QED) is 0.380. The van der Waals surface area contributed by atoms with Gasteiger partial charge in [0.15, 0.2) is 5.82 Å². The fourth-order valence-electron chi connectivity index (χ4n) is 3.59. The number of aryl methyl sites for hydroxylation is 1. The van der Waals surface area contributed by atoms with Gasteiger partial charge in [0.1, 0.15) is 5.82 Å². The van der Waals surface area contributed by atoms with Crippen LogP contribution < -0.4 is 15.5 Å². The van der Waals surface area contributed by atoms with Gasteiger partial charge in [0.2, 0.25) is 0 Å². The van der Waals surface area contributed by atoms with E-state index in [1.807, 2.05) is 80.5 Å². The van der Waals surface area contributed by atoms with Crippen LogP contribution in [0.15, 0.2) is 79.1 Å². The largest absolute Gasteiger partial charge is 0.378 e. The number of fused-ring (bicyclic) bond motifs is 1. The van der Waals surface area contributed by atoms with Crippen molar-refractivity contribution in [2.24, 2.45) is 0 Å². The summed E-state index contributed by atoms with van der Waals surface area (Å²) in [5.41, 5.74) is 4.80. The summed E-state index contributed by atoms with van der Waals surface area (Å²) in [5.74, 6) is 1.58. The number of nitrogens with zero attached hydrogens (tertiary/aromatic N) is 6. The Morgan fingerprint density at radius 3 is 2.37 bits per heavy atom. The lowest BCUT2D eigenvalue weighted by molar-refractivity contribution is 0.102. The molecule has 0 unspecified atom stereocenters. The van der Waals surface area contributed by atoms with Gasteiger partial charge in [-0.15, -0.1) is 5.10 Å².